The molecule has 0 saturated carbocycles. The van der Waals surface area contributed by atoms with Crippen LogP contribution >= 0.6 is 0 Å². The zero-order valence-corrected chi connectivity index (χ0v) is 12.4. The molecule has 5 nitrogen and oxygen atoms in total. The van der Waals surface area contributed by atoms with E-state index in [1.54, 1.807) is 19.2 Å². The van der Waals surface area contributed by atoms with Crippen LogP contribution in [0.3, 0.4) is 0 Å². The Hall–Kier alpha value is -1.78. The van der Waals surface area contributed by atoms with Crippen LogP contribution in [0.25, 0.3) is 0 Å². The van der Waals surface area contributed by atoms with Crippen LogP contribution < -0.4 is 10.6 Å². The molecule has 1 saturated heterocycles. The second-order valence-electron chi connectivity index (χ2n) is 5.53. The summed E-state index contributed by atoms with van der Waals surface area (Å²) in [5.74, 6) is 1.06. The first-order valence-electron chi connectivity index (χ1n) is 7.22. The molecule has 1 aliphatic rings. The standard InChI is InChI=1S/C15H23N3O2/c1-4-20-15(19)12-7-14(17-8-13(12)16)18-9-10(2)5-6-11(18)3/h7-8,10-11H,4-6,9,16H2,1-3H3. The maximum Gasteiger partial charge on any atom is 0.340 e. The van der Waals surface area contributed by atoms with E-state index in [0.29, 0.717) is 29.8 Å². The monoisotopic (exact) mass is 277 g/mol. The van der Waals surface area contributed by atoms with Crippen molar-refractivity contribution in [3.05, 3.63) is 17.8 Å². The molecule has 1 aliphatic heterocycles. The summed E-state index contributed by atoms with van der Waals surface area (Å²) in [5.41, 5.74) is 6.60. The van der Waals surface area contributed by atoms with Gasteiger partial charge in [0.1, 0.15) is 5.82 Å². The predicted octanol–water partition coefficient (Wildman–Crippen LogP) is 2.47. The number of piperidine rings is 1. The number of nitrogens with zero attached hydrogens (tertiary/aromatic N) is 2. The van der Waals surface area contributed by atoms with Gasteiger partial charge >= 0.3 is 5.97 Å². The van der Waals surface area contributed by atoms with Gasteiger partial charge in [-0.2, -0.15) is 0 Å². The number of ether oxygens (including phenoxy) is 1. The molecular weight excluding hydrogens is 254 g/mol. The summed E-state index contributed by atoms with van der Waals surface area (Å²) >= 11 is 0. The van der Waals surface area contributed by atoms with E-state index < -0.39 is 0 Å². The average molecular weight is 277 g/mol. The Kier molecular flexibility index (Phi) is 4.47. The van der Waals surface area contributed by atoms with E-state index in [1.165, 1.54) is 6.42 Å². The fraction of sp³-hybridized carbons (Fsp3) is 0.600. The molecule has 0 aromatic carbocycles. The van der Waals surface area contributed by atoms with Gasteiger partial charge in [0.25, 0.3) is 0 Å². The van der Waals surface area contributed by atoms with Crippen molar-refractivity contribution in [2.45, 2.75) is 39.7 Å². The fourth-order valence-corrected chi connectivity index (χ4v) is 2.61. The highest BCUT2D eigenvalue weighted by molar-refractivity contribution is 5.95. The molecule has 20 heavy (non-hydrogen) atoms. The summed E-state index contributed by atoms with van der Waals surface area (Å²) in [4.78, 5) is 18.5. The second kappa shape index (κ2) is 6.11. The van der Waals surface area contributed by atoms with Crippen molar-refractivity contribution < 1.29 is 9.53 Å². The molecule has 2 rings (SSSR count). The van der Waals surface area contributed by atoms with Crippen LogP contribution in [0.2, 0.25) is 0 Å². The smallest absolute Gasteiger partial charge is 0.340 e. The normalized spacial score (nSPS) is 22.6. The first-order chi connectivity index (χ1) is 9.52. The van der Waals surface area contributed by atoms with Crippen LogP contribution in [0, 0.1) is 5.92 Å². The highest BCUT2D eigenvalue weighted by Gasteiger charge is 2.25. The summed E-state index contributed by atoms with van der Waals surface area (Å²) < 4.78 is 5.03. The van der Waals surface area contributed by atoms with E-state index in [9.17, 15) is 4.79 Å². The van der Waals surface area contributed by atoms with Gasteiger partial charge in [0.15, 0.2) is 0 Å². The van der Waals surface area contributed by atoms with Gasteiger partial charge in [-0.25, -0.2) is 9.78 Å². The Balaban J connectivity index is 2.28. The Morgan fingerprint density at radius 2 is 2.25 bits per heavy atom. The Bertz CT molecular complexity index is 490. The van der Waals surface area contributed by atoms with E-state index in [-0.39, 0.29) is 5.97 Å². The zero-order chi connectivity index (χ0) is 14.7. The minimum absolute atomic E-state index is 0.340. The van der Waals surface area contributed by atoms with Crippen molar-refractivity contribution in [3.63, 3.8) is 0 Å². The van der Waals surface area contributed by atoms with Crippen LogP contribution in [-0.2, 0) is 4.74 Å². The minimum atomic E-state index is -0.383. The van der Waals surface area contributed by atoms with Crippen molar-refractivity contribution in [2.24, 2.45) is 5.92 Å². The molecule has 2 N–H and O–H groups in total. The summed E-state index contributed by atoms with van der Waals surface area (Å²) in [6, 6.07) is 2.18. The fourth-order valence-electron chi connectivity index (χ4n) is 2.61. The van der Waals surface area contributed by atoms with Gasteiger partial charge in [-0.05, 0) is 38.7 Å². The zero-order valence-electron chi connectivity index (χ0n) is 12.4. The van der Waals surface area contributed by atoms with Crippen molar-refractivity contribution in [1.29, 1.82) is 0 Å². The molecule has 2 unspecified atom stereocenters. The Labute approximate surface area is 120 Å². The maximum absolute atomic E-state index is 11.9. The number of rotatable bonds is 3. The van der Waals surface area contributed by atoms with Gasteiger partial charge in [-0.1, -0.05) is 6.92 Å². The van der Waals surface area contributed by atoms with E-state index in [1.807, 2.05) is 0 Å². The molecule has 0 radical (unpaired) electrons. The SMILES string of the molecule is CCOC(=O)c1cc(N2CC(C)CCC2C)ncc1N. The number of nitrogens with two attached hydrogens (primary N) is 1. The van der Waals surface area contributed by atoms with Gasteiger partial charge in [0.2, 0.25) is 0 Å². The summed E-state index contributed by atoms with van der Waals surface area (Å²) in [7, 11) is 0. The van der Waals surface area contributed by atoms with Crippen molar-refractivity contribution >= 4 is 17.5 Å². The number of anilines is 2. The van der Waals surface area contributed by atoms with Crippen LogP contribution in [0.15, 0.2) is 12.3 Å². The maximum atomic E-state index is 11.9. The summed E-state index contributed by atoms with van der Waals surface area (Å²) in [5, 5.41) is 0. The quantitative estimate of drug-likeness (QED) is 0.860. The molecule has 5 heteroatoms. The molecule has 0 bridgehead atoms. The largest absolute Gasteiger partial charge is 0.462 e. The minimum Gasteiger partial charge on any atom is -0.462 e. The van der Waals surface area contributed by atoms with Crippen molar-refractivity contribution in [2.75, 3.05) is 23.8 Å². The number of carbonyl (C=O) groups is 1. The van der Waals surface area contributed by atoms with E-state index >= 15 is 0 Å². The van der Waals surface area contributed by atoms with E-state index in [4.69, 9.17) is 10.5 Å². The lowest BCUT2D eigenvalue weighted by Crippen LogP contribution is -2.41. The summed E-state index contributed by atoms with van der Waals surface area (Å²) in [6.45, 7) is 7.51. The first kappa shape index (κ1) is 14.6. The molecule has 0 amide bonds. The van der Waals surface area contributed by atoms with Crippen LogP contribution in [0.4, 0.5) is 11.5 Å². The van der Waals surface area contributed by atoms with E-state index in [0.717, 1.165) is 18.8 Å². The average Bonchev–Trinajstić information content (AvgIpc) is 2.42. The molecule has 1 aromatic rings. The lowest BCUT2D eigenvalue weighted by atomic mass is 9.95. The van der Waals surface area contributed by atoms with Gasteiger partial charge in [-0.15, -0.1) is 0 Å². The number of nitrogen functional groups attached to an aromatic ring is 1. The molecule has 1 aromatic heterocycles. The molecular formula is C15H23N3O2. The molecule has 110 valence electrons. The number of pyridine rings is 1. The van der Waals surface area contributed by atoms with Gasteiger partial charge < -0.3 is 15.4 Å². The number of carbonyl (C=O) groups excluding carboxylic acids is 1. The van der Waals surface area contributed by atoms with E-state index in [2.05, 4.69) is 23.7 Å². The number of esters is 1. The number of hydrogen-bond donors (Lipinski definition) is 1. The Morgan fingerprint density at radius 1 is 1.50 bits per heavy atom. The van der Waals surface area contributed by atoms with Crippen molar-refractivity contribution in [3.8, 4) is 0 Å². The Morgan fingerprint density at radius 3 is 2.95 bits per heavy atom. The second-order valence-corrected chi connectivity index (χ2v) is 5.53. The highest BCUT2D eigenvalue weighted by atomic mass is 16.5. The molecule has 2 atom stereocenters. The van der Waals surface area contributed by atoms with Gasteiger partial charge in [0, 0.05) is 12.6 Å². The summed E-state index contributed by atoms with van der Waals surface area (Å²) in [6.07, 6.45) is 3.92. The van der Waals surface area contributed by atoms with Crippen LogP contribution in [0.1, 0.15) is 44.0 Å². The lowest BCUT2D eigenvalue weighted by molar-refractivity contribution is 0.0527. The number of hydrogen-bond acceptors (Lipinski definition) is 5. The number of aromatic nitrogens is 1. The lowest BCUT2D eigenvalue weighted by Gasteiger charge is -2.37. The van der Waals surface area contributed by atoms with Gasteiger partial charge in [0.05, 0.1) is 24.1 Å². The third-order valence-electron chi connectivity index (χ3n) is 3.83. The van der Waals surface area contributed by atoms with Crippen molar-refractivity contribution in [1.82, 2.24) is 4.98 Å². The topological polar surface area (TPSA) is 68.5 Å². The first-order valence-corrected chi connectivity index (χ1v) is 7.22. The third kappa shape index (κ3) is 3.03. The predicted molar refractivity (Wildman–Crippen MR) is 79.8 cm³/mol. The molecule has 0 spiro atoms. The molecule has 2 heterocycles. The van der Waals surface area contributed by atoms with Crippen LogP contribution in [0.5, 0.6) is 0 Å². The van der Waals surface area contributed by atoms with Gasteiger partial charge in [-0.3, -0.25) is 0 Å². The third-order valence-corrected chi connectivity index (χ3v) is 3.83. The molecule has 1 fully saturated rings. The van der Waals surface area contributed by atoms with Crippen LogP contribution in [-0.4, -0.2) is 30.1 Å². The molecule has 0 aliphatic carbocycles. The highest BCUT2D eigenvalue weighted by Crippen LogP contribution is 2.28.